The summed E-state index contributed by atoms with van der Waals surface area (Å²) < 4.78 is 10.9. The number of carbonyl (C=O) groups is 2. The Morgan fingerprint density at radius 2 is 1.71 bits per heavy atom. The van der Waals surface area contributed by atoms with Crippen molar-refractivity contribution in [2.24, 2.45) is 0 Å². The van der Waals surface area contributed by atoms with Crippen LogP contribution < -0.4 is 10.1 Å². The highest BCUT2D eigenvalue weighted by molar-refractivity contribution is 5.94. The van der Waals surface area contributed by atoms with Crippen LogP contribution in [0.2, 0.25) is 0 Å². The minimum absolute atomic E-state index is 0.296. The number of hydrogen-bond acceptors (Lipinski definition) is 4. The van der Waals surface area contributed by atoms with Gasteiger partial charge < -0.3 is 14.8 Å². The SMILES string of the molecule is CCNC(=O)[C@@H](C)OC(=O)c1ccccc1OCc1ccccc1. The number of nitrogens with one attached hydrogen (secondary N) is 1. The van der Waals surface area contributed by atoms with Crippen molar-refractivity contribution in [1.82, 2.24) is 5.32 Å². The molecule has 0 radical (unpaired) electrons. The molecule has 0 aromatic heterocycles. The molecule has 2 aromatic rings. The number of para-hydroxylation sites is 1. The monoisotopic (exact) mass is 327 g/mol. The van der Waals surface area contributed by atoms with Gasteiger partial charge >= 0.3 is 5.97 Å². The molecule has 1 amide bonds. The predicted molar refractivity (Wildman–Crippen MR) is 90.8 cm³/mol. The fourth-order valence-corrected chi connectivity index (χ4v) is 2.09. The molecule has 5 heteroatoms. The normalized spacial score (nSPS) is 11.4. The van der Waals surface area contributed by atoms with Gasteiger partial charge in [0, 0.05) is 6.54 Å². The number of esters is 1. The molecule has 0 aliphatic carbocycles. The van der Waals surface area contributed by atoms with Gasteiger partial charge in [-0.05, 0) is 31.5 Å². The number of rotatable bonds is 7. The Morgan fingerprint density at radius 1 is 1.04 bits per heavy atom. The molecule has 2 rings (SSSR count). The summed E-state index contributed by atoms with van der Waals surface area (Å²) in [6, 6.07) is 16.5. The number of hydrogen-bond donors (Lipinski definition) is 1. The van der Waals surface area contributed by atoms with Gasteiger partial charge in [0.2, 0.25) is 0 Å². The van der Waals surface area contributed by atoms with Crippen LogP contribution in [0.25, 0.3) is 0 Å². The summed E-state index contributed by atoms with van der Waals surface area (Å²) in [4.78, 5) is 24.0. The van der Waals surface area contributed by atoms with Gasteiger partial charge in [-0.3, -0.25) is 4.79 Å². The first-order valence-electron chi connectivity index (χ1n) is 7.86. The van der Waals surface area contributed by atoms with Crippen LogP contribution in [0.3, 0.4) is 0 Å². The predicted octanol–water partition coefficient (Wildman–Crippen LogP) is 2.95. The average molecular weight is 327 g/mol. The quantitative estimate of drug-likeness (QED) is 0.794. The van der Waals surface area contributed by atoms with E-state index in [1.165, 1.54) is 6.92 Å². The van der Waals surface area contributed by atoms with Crippen LogP contribution in [-0.4, -0.2) is 24.5 Å². The molecule has 2 aromatic carbocycles. The van der Waals surface area contributed by atoms with Crippen LogP contribution in [0.15, 0.2) is 54.6 Å². The summed E-state index contributed by atoms with van der Waals surface area (Å²) in [6.07, 6.45) is -0.861. The van der Waals surface area contributed by atoms with Gasteiger partial charge in [0.15, 0.2) is 6.10 Å². The maximum Gasteiger partial charge on any atom is 0.342 e. The van der Waals surface area contributed by atoms with E-state index in [4.69, 9.17) is 9.47 Å². The van der Waals surface area contributed by atoms with E-state index in [9.17, 15) is 9.59 Å². The van der Waals surface area contributed by atoms with Crippen molar-refractivity contribution in [3.63, 3.8) is 0 Å². The number of amides is 1. The highest BCUT2D eigenvalue weighted by atomic mass is 16.5. The van der Waals surface area contributed by atoms with Gasteiger partial charge in [-0.15, -0.1) is 0 Å². The zero-order valence-electron chi connectivity index (χ0n) is 13.8. The van der Waals surface area contributed by atoms with E-state index >= 15 is 0 Å². The van der Waals surface area contributed by atoms with Crippen molar-refractivity contribution in [2.45, 2.75) is 26.6 Å². The lowest BCUT2D eigenvalue weighted by molar-refractivity contribution is -0.128. The molecular weight excluding hydrogens is 306 g/mol. The van der Waals surface area contributed by atoms with E-state index in [0.29, 0.717) is 24.5 Å². The zero-order chi connectivity index (χ0) is 17.4. The summed E-state index contributed by atoms with van der Waals surface area (Å²) >= 11 is 0. The summed E-state index contributed by atoms with van der Waals surface area (Å²) in [5.74, 6) is -0.486. The molecule has 0 heterocycles. The third-order valence-electron chi connectivity index (χ3n) is 3.35. The largest absolute Gasteiger partial charge is 0.488 e. The van der Waals surface area contributed by atoms with Crippen LogP contribution >= 0.6 is 0 Å². The molecule has 0 aliphatic heterocycles. The Bertz CT molecular complexity index is 685. The molecule has 0 aliphatic rings. The topological polar surface area (TPSA) is 64.6 Å². The van der Waals surface area contributed by atoms with Crippen LogP contribution in [0.1, 0.15) is 29.8 Å². The zero-order valence-corrected chi connectivity index (χ0v) is 13.8. The van der Waals surface area contributed by atoms with E-state index in [1.54, 1.807) is 31.2 Å². The third kappa shape index (κ3) is 4.84. The van der Waals surface area contributed by atoms with Crippen LogP contribution in [0.4, 0.5) is 0 Å². The van der Waals surface area contributed by atoms with Crippen LogP contribution in [-0.2, 0) is 16.1 Å². The fraction of sp³-hybridized carbons (Fsp3) is 0.263. The third-order valence-corrected chi connectivity index (χ3v) is 3.35. The Balaban J connectivity index is 2.04. The summed E-state index contributed by atoms with van der Waals surface area (Å²) in [6.45, 7) is 4.17. The van der Waals surface area contributed by atoms with Gasteiger partial charge in [0.1, 0.15) is 17.9 Å². The van der Waals surface area contributed by atoms with Gasteiger partial charge in [0.25, 0.3) is 5.91 Å². The molecule has 0 fully saturated rings. The molecule has 126 valence electrons. The Labute approximate surface area is 141 Å². The standard InChI is InChI=1S/C19H21NO4/c1-3-20-18(21)14(2)24-19(22)16-11-7-8-12-17(16)23-13-15-9-5-4-6-10-15/h4-12,14H,3,13H2,1-2H3,(H,20,21)/t14-/m1/s1. The molecule has 0 saturated carbocycles. The second-order valence-electron chi connectivity index (χ2n) is 5.21. The molecule has 0 spiro atoms. The van der Waals surface area contributed by atoms with Gasteiger partial charge in [0.05, 0.1) is 0 Å². The lowest BCUT2D eigenvalue weighted by atomic mass is 10.2. The molecule has 1 N–H and O–H groups in total. The van der Waals surface area contributed by atoms with Crippen molar-refractivity contribution in [3.8, 4) is 5.75 Å². The fourth-order valence-electron chi connectivity index (χ4n) is 2.09. The van der Waals surface area contributed by atoms with Crippen molar-refractivity contribution < 1.29 is 19.1 Å². The van der Waals surface area contributed by atoms with Crippen LogP contribution in [0.5, 0.6) is 5.75 Å². The number of carbonyl (C=O) groups excluding carboxylic acids is 2. The van der Waals surface area contributed by atoms with Gasteiger partial charge in [-0.25, -0.2) is 4.79 Å². The van der Waals surface area contributed by atoms with Gasteiger partial charge in [-0.1, -0.05) is 42.5 Å². The lowest BCUT2D eigenvalue weighted by Gasteiger charge is -2.15. The van der Waals surface area contributed by atoms with E-state index in [2.05, 4.69) is 5.32 Å². The number of likely N-dealkylation sites (N-methyl/N-ethyl adjacent to an activating group) is 1. The average Bonchev–Trinajstić information content (AvgIpc) is 2.61. The Kier molecular flexibility index (Phi) is 6.37. The lowest BCUT2D eigenvalue weighted by Crippen LogP contribution is -2.35. The van der Waals surface area contributed by atoms with Crippen molar-refractivity contribution in [2.75, 3.05) is 6.54 Å². The Morgan fingerprint density at radius 3 is 2.42 bits per heavy atom. The highest BCUT2D eigenvalue weighted by Gasteiger charge is 2.20. The second-order valence-corrected chi connectivity index (χ2v) is 5.21. The molecule has 0 bridgehead atoms. The van der Waals surface area contributed by atoms with Crippen molar-refractivity contribution in [3.05, 3.63) is 65.7 Å². The molecular formula is C19H21NO4. The molecule has 0 unspecified atom stereocenters. The number of ether oxygens (including phenoxy) is 2. The maximum absolute atomic E-state index is 12.3. The summed E-state index contributed by atoms with van der Waals surface area (Å²) in [5.41, 5.74) is 1.29. The summed E-state index contributed by atoms with van der Waals surface area (Å²) in [7, 11) is 0. The van der Waals surface area contributed by atoms with E-state index in [-0.39, 0.29) is 5.91 Å². The van der Waals surface area contributed by atoms with E-state index in [0.717, 1.165) is 5.56 Å². The minimum atomic E-state index is -0.861. The van der Waals surface area contributed by atoms with Crippen molar-refractivity contribution in [1.29, 1.82) is 0 Å². The highest BCUT2D eigenvalue weighted by Crippen LogP contribution is 2.21. The first-order valence-corrected chi connectivity index (χ1v) is 7.86. The first kappa shape index (κ1) is 17.5. The Hall–Kier alpha value is -2.82. The summed E-state index contributed by atoms with van der Waals surface area (Å²) in [5, 5.41) is 2.62. The minimum Gasteiger partial charge on any atom is -0.488 e. The van der Waals surface area contributed by atoms with E-state index in [1.807, 2.05) is 30.3 Å². The van der Waals surface area contributed by atoms with Gasteiger partial charge in [-0.2, -0.15) is 0 Å². The second kappa shape index (κ2) is 8.72. The van der Waals surface area contributed by atoms with E-state index < -0.39 is 12.1 Å². The molecule has 1 atom stereocenters. The number of benzene rings is 2. The van der Waals surface area contributed by atoms with Crippen molar-refractivity contribution >= 4 is 11.9 Å². The molecule has 24 heavy (non-hydrogen) atoms. The first-order chi connectivity index (χ1) is 11.6. The molecule has 0 saturated heterocycles. The smallest absolute Gasteiger partial charge is 0.342 e. The maximum atomic E-state index is 12.3. The van der Waals surface area contributed by atoms with Crippen LogP contribution in [0, 0.1) is 0 Å². The molecule has 5 nitrogen and oxygen atoms in total.